The lowest BCUT2D eigenvalue weighted by molar-refractivity contribution is -0.160. The average molecular weight is 383 g/mol. The normalized spacial score (nSPS) is 25.6. The van der Waals surface area contributed by atoms with Crippen LogP contribution in [0.4, 0.5) is 0 Å². The number of hydrogen-bond donors (Lipinski definition) is 3. The number of aliphatic carboxylic acids is 1. The van der Waals surface area contributed by atoms with Crippen molar-refractivity contribution in [1.29, 1.82) is 0 Å². The molecule has 0 bridgehead atoms. The number of rotatable bonds is 8. The fraction of sp³-hybridized carbons (Fsp3) is 0.562. The van der Waals surface area contributed by atoms with Crippen LogP contribution in [0.25, 0.3) is 0 Å². The summed E-state index contributed by atoms with van der Waals surface area (Å²) in [7, 11) is 0. The first-order chi connectivity index (χ1) is 12.3. The van der Waals surface area contributed by atoms with Crippen LogP contribution in [0.2, 0.25) is 0 Å². The first-order valence-corrected chi connectivity index (χ1v) is 9.17. The van der Waals surface area contributed by atoms with Crippen molar-refractivity contribution < 1.29 is 29.1 Å². The minimum atomic E-state index is -1.13. The number of β-lactam (4-membered cyclic amide) rings is 1. The van der Waals surface area contributed by atoms with E-state index in [4.69, 9.17) is 0 Å². The molecule has 142 valence electrons. The number of carbonyl (C=O) groups is 5. The van der Waals surface area contributed by atoms with Crippen molar-refractivity contribution in [2.75, 3.05) is 5.75 Å². The third-order valence-electron chi connectivity index (χ3n) is 4.21. The van der Waals surface area contributed by atoms with Crippen molar-refractivity contribution in [3.05, 3.63) is 12.2 Å². The maximum atomic E-state index is 12.2. The van der Waals surface area contributed by atoms with E-state index in [-0.39, 0.29) is 18.2 Å². The first kappa shape index (κ1) is 20.0. The van der Waals surface area contributed by atoms with E-state index >= 15 is 0 Å². The number of amides is 3. The molecule has 0 spiro atoms. The summed E-state index contributed by atoms with van der Waals surface area (Å²) in [6.45, 7) is 5.00. The summed E-state index contributed by atoms with van der Waals surface area (Å²) in [5.74, 6) is -1.83. The van der Waals surface area contributed by atoms with Crippen molar-refractivity contribution in [2.24, 2.45) is 0 Å². The number of nitrogens with zero attached hydrogens (tertiary/aromatic N) is 1. The lowest BCUT2D eigenvalue weighted by atomic mass is 9.98. The molecule has 3 N–H and O–H groups in total. The van der Waals surface area contributed by atoms with Gasteiger partial charge in [-0.05, 0) is 18.4 Å². The first-order valence-electron chi connectivity index (χ1n) is 8.12. The van der Waals surface area contributed by atoms with E-state index in [9.17, 15) is 29.1 Å². The zero-order chi connectivity index (χ0) is 19.4. The standard InChI is InChI=1S/C16H21N3O6S/c1-8-7-26-15-12(14(23)19(15)13(8)16(24)25)18-11(22)5-3-4-10(6-20)17-9(2)21/h6,10,12-13,15H,1,3-5,7H2,2H3,(H,17,21)(H,18,22)(H,24,25)/t10?,12?,13?,15-/m0/s1. The summed E-state index contributed by atoms with van der Waals surface area (Å²) in [5, 5.41) is 13.9. The quantitative estimate of drug-likeness (QED) is 0.286. The molecule has 0 aliphatic carbocycles. The predicted octanol–water partition coefficient (Wildman–Crippen LogP) is -0.730. The zero-order valence-corrected chi connectivity index (χ0v) is 15.1. The largest absolute Gasteiger partial charge is 0.479 e. The van der Waals surface area contributed by atoms with E-state index in [1.165, 1.54) is 23.6 Å². The van der Waals surface area contributed by atoms with Crippen molar-refractivity contribution in [3.63, 3.8) is 0 Å². The van der Waals surface area contributed by atoms with Crippen LogP contribution in [0.3, 0.4) is 0 Å². The smallest absolute Gasteiger partial charge is 0.330 e. The fourth-order valence-electron chi connectivity index (χ4n) is 3.00. The molecule has 2 aliphatic heterocycles. The number of fused-ring (bicyclic) bond motifs is 1. The van der Waals surface area contributed by atoms with Gasteiger partial charge in [-0.2, -0.15) is 0 Å². The summed E-state index contributed by atoms with van der Waals surface area (Å²) in [4.78, 5) is 58.6. The Labute approximate surface area is 154 Å². The lowest BCUT2D eigenvalue weighted by Gasteiger charge is -2.52. The minimum Gasteiger partial charge on any atom is -0.479 e. The van der Waals surface area contributed by atoms with Crippen LogP contribution in [-0.2, 0) is 24.0 Å². The van der Waals surface area contributed by atoms with Crippen LogP contribution in [0.1, 0.15) is 26.2 Å². The van der Waals surface area contributed by atoms with Gasteiger partial charge in [0.2, 0.25) is 17.7 Å². The average Bonchev–Trinajstić information content (AvgIpc) is 2.57. The number of nitrogens with one attached hydrogen (secondary N) is 2. The molecule has 0 aromatic carbocycles. The van der Waals surface area contributed by atoms with Gasteiger partial charge in [0, 0.05) is 19.1 Å². The highest BCUT2D eigenvalue weighted by atomic mass is 32.2. The molecular formula is C16H21N3O6S. The van der Waals surface area contributed by atoms with Gasteiger partial charge in [0.15, 0.2) is 6.04 Å². The van der Waals surface area contributed by atoms with Crippen molar-refractivity contribution in [2.45, 2.75) is 49.7 Å². The Morgan fingerprint density at radius 3 is 2.73 bits per heavy atom. The fourth-order valence-corrected chi connectivity index (χ4v) is 4.30. The number of carboxylic acids is 1. The van der Waals surface area contributed by atoms with Crippen LogP contribution in [0.5, 0.6) is 0 Å². The predicted molar refractivity (Wildman–Crippen MR) is 93.1 cm³/mol. The molecule has 2 rings (SSSR count). The highest BCUT2D eigenvalue weighted by Crippen LogP contribution is 2.39. The topological polar surface area (TPSA) is 133 Å². The Hall–Kier alpha value is -2.36. The highest BCUT2D eigenvalue weighted by Gasteiger charge is 2.56. The van der Waals surface area contributed by atoms with Gasteiger partial charge in [-0.1, -0.05) is 6.58 Å². The minimum absolute atomic E-state index is 0.0974. The third-order valence-corrected chi connectivity index (χ3v) is 5.58. The van der Waals surface area contributed by atoms with E-state index in [1.54, 1.807) is 0 Å². The summed E-state index contributed by atoms with van der Waals surface area (Å²) in [5.41, 5.74) is 0.453. The Morgan fingerprint density at radius 1 is 1.46 bits per heavy atom. The van der Waals surface area contributed by atoms with E-state index in [2.05, 4.69) is 17.2 Å². The van der Waals surface area contributed by atoms with Crippen molar-refractivity contribution in [1.82, 2.24) is 15.5 Å². The number of hydrogen-bond acceptors (Lipinski definition) is 6. The molecule has 2 saturated heterocycles. The van der Waals surface area contributed by atoms with E-state index in [1.807, 2.05) is 0 Å². The monoisotopic (exact) mass is 383 g/mol. The zero-order valence-electron chi connectivity index (χ0n) is 14.3. The molecule has 10 heteroatoms. The molecule has 3 unspecified atom stereocenters. The van der Waals surface area contributed by atoms with Crippen LogP contribution in [0.15, 0.2) is 12.2 Å². The van der Waals surface area contributed by atoms with Gasteiger partial charge in [0.25, 0.3) is 0 Å². The molecule has 0 saturated carbocycles. The Kier molecular flexibility index (Phi) is 6.41. The number of carboxylic acid groups (broad SMARTS) is 1. The molecule has 2 fully saturated rings. The Bertz CT molecular complexity index is 652. The second kappa shape index (κ2) is 8.35. The third kappa shape index (κ3) is 4.24. The molecule has 0 aromatic rings. The maximum absolute atomic E-state index is 12.2. The Balaban J connectivity index is 1.82. The molecule has 0 aromatic heterocycles. The van der Waals surface area contributed by atoms with Gasteiger partial charge < -0.3 is 25.4 Å². The number of thioether (sulfide) groups is 1. The molecule has 0 radical (unpaired) electrons. The second-order valence-corrected chi connectivity index (χ2v) is 7.33. The summed E-state index contributed by atoms with van der Waals surface area (Å²) < 4.78 is 0. The molecular weight excluding hydrogens is 362 g/mol. The van der Waals surface area contributed by atoms with Gasteiger partial charge in [0.1, 0.15) is 17.7 Å². The van der Waals surface area contributed by atoms with Crippen LogP contribution in [-0.4, -0.2) is 69.2 Å². The van der Waals surface area contributed by atoms with Crippen LogP contribution >= 0.6 is 11.8 Å². The summed E-state index contributed by atoms with van der Waals surface area (Å²) in [6, 6.07) is -2.44. The SMILES string of the molecule is C=C1CS[C@H]2C(NC(=O)CCCC(C=O)NC(C)=O)C(=O)N2C1C(=O)O. The van der Waals surface area contributed by atoms with Gasteiger partial charge in [0.05, 0.1) is 6.04 Å². The van der Waals surface area contributed by atoms with Crippen molar-refractivity contribution >= 4 is 41.7 Å². The molecule has 4 atom stereocenters. The number of aldehydes is 1. The van der Waals surface area contributed by atoms with Crippen molar-refractivity contribution in [3.8, 4) is 0 Å². The Morgan fingerprint density at radius 2 is 2.15 bits per heavy atom. The van der Waals surface area contributed by atoms with Gasteiger partial charge in [-0.15, -0.1) is 11.8 Å². The van der Waals surface area contributed by atoms with Gasteiger partial charge >= 0.3 is 5.97 Å². The van der Waals surface area contributed by atoms with E-state index < -0.39 is 35.4 Å². The van der Waals surface area contributed by atoms with Gasteiger partial charge in [-0.25, -0.2) is 4.79 Å². The molecule has 3 amide bonds. The van der Waals surface area contributed by atoms with Crippen LogP contribution < -0.4 is 10.6 Å². The molecule has 26 heavy (non-hydrogen) atoms. The molecule has 9 nitrogen and oxygen atoms in total. The van der Waals surface area contributed by atoms with Gasteiger partial charge in [-0.3, -0.25) is 14.4 Å². The second-order valence-electron chi connectivity index (χ2n) is 6.23. The maximum Gasteiger partial charge on any atom is 0.330 e. The van der Waals surface area contributed by atoms with E-state index in [0.717, 1.165) is 0 Å². The van der Waals surface area contributed by atoms with E-state index in [0.29, 0.717) is 30.5 Å². The van der Waals surface area contributed by atoms with Crippen LogP contribution in [0, 0.1) is 0 Å². The highest BCUT2D eigenvalue weighted by molar-refractivity contribution is 8.00. The lowest BCUT2D eigenvalue weighted by Crippen LogP contribution is -2.74. The number of carbonyl (C=O) groups excluding carboxylic acids is 4. The molecule has 2 heterocycles. The molecule has 2 aliphatic rings. The summed E-state index contributed by atoms with van der Waals surface area (Å²) >= 11 is 1.37. The summed E-state index contributed by atoms with van der Waals surface area (Å²) in [6.07, 6.45) is 1.40.